The van der Waals surface area contributed by atoms with Crippen molar-refractivity contribution in [3.05, 3.63) is 82.8 Å². The number of nitrogens with one attached hydrogen (secondary N) is 3. The minimum atomic E-state index is -4.58. The number of likely N-dealkylation sites (tertiary alicyclic amines) is 1. The van der Waals surface area contributed by atoms with Crippen LogP contribution in [0.4, 0.5) is 24.5 Å². The first-order chi connectivity index (χ1) is 19.2. The highest BCUT2D eigenvalue weighted by atomic mass is 19.4. The van der Waals surface area contributed by atoms with Gasteiger partial charge in [-0.3, -0.25) is 19.7 Å². The Bertz CT molecular complexity index is 1460. The summed E-state index contributed by atoms with van der Waals surface area (Å²) in [6, 6.07) is 8.87. The van der Waals surface area contributed by atoms with E-state index < -0.39 is 17.6 Å². The summed E-state index contributed by atoms with van der Waals surface area (Å²) in [4.78, 5) is 19.5. The van der Waals surface area contributed by atoms with Crippen molar-refractivity contribution in [3.8, 4) is 11.5 Å². The molecule has 0 radical (unpaired) electrons. The first kappa shape index (κ1) is 27.3. The molecule has 0 atom stereocenters. The summed E-state index contributed by atoms with van der Waals surface area (Å²) in [5.41, 5.74) is 8.89. The fraction of sp³-hybridized carbons (Fsp3) is 0.286. The molecule has 12 heteroatoms. The quantitative estimate of drug-likeness (QED) is 0.369. The zero-order valence-corrected chi connectivity index (χ0v) is 22.2. The van der Waals surface area contributed by atoms with Crippen LogP contribution in [-0.4, -0.2) is 43.1 Å². The van der Waals surface area contributed by atoms with E-state index >= 15 is 0 Å². The van der Waals surface area contributed by atoms with Gasteiger partial charge < -0.3 is 20.2 Å². The van der Waals surface area contributed by atoms with Crippen LogP contribution < -0.4 is 30.8 Å². The van der Waals surface area contributed by atoms with Crippen LogP contribution in [0.25, 0.3) is 5.70 Å². The number of benzene rings is 2. The predicted octanol–water partition coefficient (Wildman–Crippen LogP) is 4.71. The number of halogens is 3. The monoisotopic (exact) mass is 554 g/mol. The Hall–Kier alpha value is -4.29. The lowest BCUT2D eigenvalue weighted by atomic mass is 10.0. The van der Waals surface area contributed by atoms with Crippen LogP contribution in [0.1, 0.15) is 39.0 Å². The number of rotatable bonds is 8. The highest BCUT2D eigenvalue weighted by Gasteiger charge is 2.33. The van der Waals surface area contributed by atoms with Gasteiger partial charge in [0.25, 0.3) is 5.91 Å². The van der Waals surface area contributed by atoms with E-state index in [0.717, 1.165) is 48.5 Å². The predicted molar refractivity (Wildman–Crippen MR) is 145 cm³/mol. The molecule has 0 bridgehead atoms. The highest BCUT2D eigenvalue weighted by molar-refractivity contribution is 6.06. The van der Waals surface area contributed by atoms with Crippen molar-refractivity contribution in [2.45, 2.75) is 26.1 Å². The smallest absolute Gasteiger partial charge is 0.416 e. The van der Waals surface area contributed by atoms with Gasteiger partial charge >= 0.3 is 6.18 Å². The van der Waals surface area contributed by atoms with Crippen LogP contribution in [0.15, 0.2) is 55.0 Å². The molecule has 1 amide bonds. The molecule has 1 aromatic heterocycles. The Labute approximate surface area is 229 Å². The molecule has 9 nitrogen and oxygen atoms in total. The Morgan fingerprint density at radius 3 is 2.58 bits per heavy atom. The third kappa shape index (κ3) is 5.68. The second-order valence-electron chi connectivity index (χ2n) is 9.56. The molecule has 3 heterocycles. The average molecular weight is 555 g/mol. The molecule has 3 N–H and O–H groups in total. The number of carbonyl (C=O) groups excluding carboxylic acids is 1. The lowest BCUT2D eigenvalue weighted by Gasteiger charge is -2.31. The molecule has 2 aromatic carbocycles. The van der Waals surface area contributed by atoms with Crippen molar-refractivity contribution in [1.82, 2.24) is 20.8 Å². The van der Waals surface area contributed by atoms with Gasteiger partial charge in [0.05, 0.1) is 43.1 Å². The van der Waals surface area contributed by atoms with Crippen LogP contribution in [-0.2, 0) is 12.7 Å². The Morgan fingerprint density at radius 2 is 1.90 bits per heavy atom. The van der Waals surface area contributed by atoms with E-state index in [1.807, 2.05) is 17.9 Å². The number of hydrogen-bond donors (Lipinski definition) is 3. The molecular formula is C28H29F3N6O3. The van der Waals surface area contributed by atoms with Crippen molar-refractivity contribution in [3.63, 3.8) is 0 Å². The SMILES string of the molecule is COc1cncc(C2=CN(c3cc(C(=O)Nc4cc(C(F)(F)F)cc(CN5CCC5)c4OC)ccc3C)NN2)c1. The molecule has 2 aliphatic heterocycles. The Balaban J connectivity index is 1.42. The summed E-state index contributed by atoms with van der Waals surface area (Å²) in [6.07, 6.45) is 1.50. The van der Waals surface area contributed by atoms with Gasteiger partial charge in [0.2, 0.25) is 0 Å². The first-order valence-corrected chi connectivity index (χ1v) is 12.6. The molecule has 3 aromatic rings. The summed E-state index contributed by atoms with van der Waals surface area (Å²) in [5.74, 6) is 0.249. The molecule has 1 fully saturated rings. The maximum Gasteiger partial charge on any atom is 0.416 e. The maximum atomic E-state index is 13.7. The number of methoxy groups -OCH3 is 2. The third-order valence-electron chi connectivity index (χ3n) is 6.85. The van der Waals surface area contributed by atoms with Gasteiger partial charge in [0, 0.05) is 35.6 Å². The van der Waals surface area contributed by atoms with E-state index in [1.165, 1.54) is 7.11 Å². The minimum absolute atomic E-state index is 0.0337. The van der Waals surface area contributed by atoms with Crippen molar-refractivity contribution < 1.29 is 27.4 Å². The highest BCUT2D eigenvalue weighted by Crippen LogP contribution is 2.39. The van der Waals surface area contributed by atoms with Gasteiger partial charge in [-0.05, 0) is 62.3 Å². The average Bonchev–Trinajstić information content (AvgIpc) is 3.40. The van der Waals surface area contributed by atoms with Gasteiger partial charge in [-0.2, -0.15) is 13.2 Å². The molecule has 210 valence electrons. The molecule has 0 spiro atoms. The number of alkyl halides is 3. The Morgan fingerprint density at radius 1 is 1.10 bits per heavy atom. The lowest BCUT2D eigenvalue weighted by Crippen LogP contribution is -2.36. The summed E-state index contributed by atoms with van der Waals surface area (Å²) in [5, 5.41) is 4.36. The molecule has 0 unspecified atom stereocenters. The van der Waals surface area contributed by atoms with E-state index in [4.69, 9.17) is 9.47 Å². The van der Waals surface area contributed by atoms with Crippen molar-refractivity contribution in [2.24, 2.45) is 0 Å². The summed E-state index contributed by atoms with van der Waals surface area (Å²) in [7, 11) is 2.94. The van der Waals surface area contributed by atoms with Crippen molar-refractivity contribution in [2.75, 3.05) is 37.6 Å². The fourth-order valence-corrected chi connectivity index (χ4v) is 4.56. The van der Waals surface area contributed by atoms with E-state index in [-0.39, 0.29) is 17.0 Å². The summed E-state index contributed by atoms with van der Waals surface area (Å²) < 4.78 is 52.0. The van der Waals surface area contributed by atoms with Crippen LogP contribution in [0.2, 0.25) is 0 Å². The van der Waals surface area contributed by atoms with Crippen LogP contribution in [0, 0.1) is 6.92 Å². The number of aryl methyl sites for hydroxylation is 1. The molecule has 2 aliphatic rings. The largest absolute Gasteiger partial charge is 0.495 e. The second-order valence-corrected chi connectivity index (χ2v) is 9.56. The van der Waals surface area contributed by atoms with Gasteiger partial charge in [0.1, 0.15) is 11.5 Å². The van der Waals surface area contributed by atoms with Gasteiger partial charge in [0.15, 0.2) is 0 Å². The van der Waals surface area contributed by atoms with E-state index in [9.17, 15) is 18.0 Å². The standard InChI is InChI=1S/C28H29F3N6O3/c1-17-5-6-18(11-25(17)37-16-24(34-35-37)19-10-22(39-2)14-32-13-19)27(38)33-23-12-21(28(29,30)31)9-20(26(23)40-3)15-36-7-4-8-36/h5-6,9-14,16,34-35H,4,7-8,15H2,1-3H3,(H,33,38). The number of pyridine rings is 1. The van der Waals surface area contributed by atoms with Crippen LogP contribution in [0.5, 0.6) is 11.5 Å². The van der Waals surface area contributed by atoms with Gasteiger partial charge in [-0.1, -0.05) is 6.07 Å². The van der Waals surface area contributed by atoms with E-state index in [2.05, 4.69) is 21.3 Å². The number of amides is 1. The number of anilines is 2. The number of carbonyl (C=O) groups is 1. The van der Waals surface area contributed by atoms with Gasteiger partial charge in [-0.25, -0.2) is 0 Å². The summed E-state index contributed by atoms with van der Waals surface area (Å²) >= 11 is 0. The normalized spacial score (nSPS) is 15.2. The van der Waals surface area contributed by atoms with Crippen molar-refractivity contribution >= 4 is 23.0 Å². The van der Waals surface area contributed by atoms with Crippen LogP contribution >= 0.6 is 0 Å². The summed E-state index contributed by atoms with van der Waals surface area (Å²) in [6.45, 7) is 3.79. The molecule has 0 saturated carbocycles. The zero-order valence-electron chi connectivity index (χ0n) is 22.2. The molecule has 5 rings (SSSR count). The zero-order chi connectivity index (χ0) is 28.4. The van der Waals surface area contributed by atoms with E-state index in [0.29, 0.717) is 23.5 Å². The number of nitrogens with zero attached hydrogens (tertiary/aromatic N) is 3. The number of ether oxygens (including phenoxy) is 2. The molecule has 1 saturated heterocycles. The minimum Gasteiger partial charge on any atom is -0.495 e. The third-order valence-corrected chi connectivity index (χ3v) is 6.85. The first-order valence-electron chi connectivity index (χ1n) is 12.6. The van der Waals surface area contributed by atoms with E-state index in [1.54, 1.807) is 48.9 Å². The maximum absolute atomic E-state index is 13.7. The fourth-order valence-electron chi connectivity index (χ4n) is 4.56. The van der Waals surface area contributed by atoms with Crippen LogP contribution in [0.3, 0.4) is 0 Å². The van der Waals surface area contributed by atoms with Gasteiger partial charge in [-0.15, -0.1) is 5.53 Å². The second kappa shape index (κ2) is 11.1. The topological polar surface area (TPSA) is 91.0 Å². The Kier molecular flexibility index (Phi) is 7.55. The molecule has 0 aliphatic carbocycles. The molecule has 40 heavy (non-hydrogen) atoms. The van der Waals surface area contributed by atoms with Crippen molar-refractivity contribution in [1.29, 1.82) is 0 Å². The molecular weight excluding hydrogens is 525 g/mol. The number of hydrogen-bond acceptors (Lipinski definition) is 8. The lowest BCUT2D eigenvalue weighted by molar-refractivity contribution is -0.137. The number of hydrazine groups is 2. The number of aromatic nitrogens is 1.